The fourth-order valence-electron chi connectivity index (χ4n) is 2.27. The summed E-state index contributed by atoms with van der Waals surface area (Å²) in [5, 5.41) is 0.901. The van der Waals surface area contributed by atoms with Crippen molar-refractivity contribution >= 4 is 41.0 Å². The van der Waals surface area contributed by atoms with E-state index in [9.17, 15) is 9.59 Å². The molecule has 5 nitrogen and oxygen atoms in total. The Bertz CT molecular complexity index is 889. The van der Waals surface area contributed by atoms with Crippen LogP contribution in [0.4, 0.5) is 0 Å². The van der Waals surface area contributed by atoms with Crippen LogP contribution in [0.5, 0.6) is 11.5 Å². The quantitative estimate of drug-likeness (QED) is 0.454. The molecular weight excluding hydrogens is 367 g/mol. The van der Waals surface area contributed by atoms with Gasteiger partial charge in [0.25, 0.3) is 0 Å². The molecule has 0 unspecified atom stereocenters. The molecule has 2 aromatic carbocycles. The van der Waals surface area contributed by atoms with Crippen LogP contribution in [0.2, 0.25) is 10.0 Å². The van der Waals surface area contributed by atoms with Gasteiger partial charge in [0.1, 0.15) is 18.1 Å². The summed E-state index contributed by atoms with van der Waals surface area (Å²) in [6, 6.07) is 9.47. The van der Waals surface area contributed by atoms with Gasteiger partial charge >= 0.3 is 5.97 Å². The Morgan fingerprint density at radius 3 is 2.72 bits per heavy atom. The summed E-state index contributed by atoms with van der Waals surface area (Å²) in [5.74, 6) is -0.130. The normalized spacial score (nSPS) is 14.4. The van der Waals surface area contributed by atoms with E-state index in [0.717, 1.165) is 0 Å². The highest BCUT2D eigenvalue weighted by Crippen LogP contribution is 2.35. The summed E-state index contributed by atoms with van der Waals surface area (Å²) in [4.78, 5) is 23.9. The van der Waals surface area contributed by atoms with Crippen molar-refractivity contribution in [2.45, 2.75) is 0 Å². The molecule has 0 amide bonds. The first kappa shape index (κ1) is 17.5. The van der Waals surface area contributed by atoms with Gasteiger partial charge in [-0.15, -0.1) is 0 Å². The minimum atomic E-state index is -0.546. The van der Waals surface area contributed by atoms with Crippen LogP contribution in [0, 0.1) is 0 Å². The summed E-state index contributed by atoms with van der Waals surface area (Å²) >= 11 is 12.0. The molecule has 2 aromatic rings. The second-order valence-electron chi connectivity index (χ2n) is 5.17. The third-order valence-electron chi connectivity index (χ3n) is 3.38. The molecule has 1 aliphatic heterocycles. The van der Waals surface area contributed by atoms with E-state index < -0.39 is 5.97 Å². The van der Waals surface area contributed by atoms with Gasteiger partial charge in [-0.3, -0.25) is 4.79 Å². The molecule has 0 aromatic heterocycles. The van der Waals surface area contributed by atoms with Crippen LogP contribution in [0.25, 0.3) is 6.08 Å². The number of methoxy groups -OCH3 is 1. The number of ether oxygens (including phenoxy) is 3. The summed E-state index contributed by atoms with van der Waals surface area (Å²) in [6.07, 6.45) is 1.54. The van der Waals surface area contributed by atoms with Crippen LogP contribution in [0.15, 0.2) is 42.2 Å². The first-order valence-electron chi connectivity index (χ1n) is 7.21. The Morgan fingerprint density at radius 1 is 1.20 bits per heavy atom. The molecular formula is C18H12Cl2O5. The lowest BCUT2D eigenvalue weighted by Gasteiger charge is -2.05. The molecule has 0 aliphatic carbocycles. The topological polar surface area (TPSA) is 61.8 Å². The first-order chi connectivity index (χ1) is 12.0. The lowest BCUT2D eigenvalue weighted by molar-refractivity contribution is -0.138. The minimum Gasteiger partial charge on any atom is -0.452 e. The number of rotatable bonds is 4. The monoisotopic (exact) mass is 378 g/mol. The van der Waals surface area contributed by atoms with Crippen LogP contribution >= 0.6 is 23.2 Å². The van der Waals surface area contributed by atoms with Gasteiger partial charge in [0, 0.05) is 23.2 Å². The molecule has 0 spiro atoms. The van der Waals surface area contributed by atoms with Gasteiger partial charge in [0.05, 0.1) is 5.56 Å². The highest BCUT2D eigenvalue weighted by molar-refractivity contribution is 6.35. The van der Waals surface area contributed by atoms with E-state index in [1.54, 1.807) is 18.2 Å². The summed E-state index contributed by atoms with van der Waals surface area (Å²) in [5.41, 5.74) is 0.983. The predicted molar refractivity (Wildman–Crippen MR) is 93.4 cm³/mol. The molecule has 1 heterocycles. The summed E-state index contributed by atoms with van der Waals surface area (Å²) in [7, 11) is 1.39. The first-order valence-corrected chi connectivity index (χ1v) is 7.96. The van der Waals surface area contributed by atoms with Crippen LogP contribution in [0.1, 0.15) is 15.9 Å². The van der Waals surface area contributed by atoms with E-state index >= 15 is 0 Å². The highest BCUT2D eigenvalue weighted by atomic mass is 35.5. The molecule has 1 aliphatic rings. The number of hydrogen-bond donors (Lipinski definition) is 0. The predicted octanol–water partition coefficient (Wildman–Crippen LogP) is 4.16. The van der Waals surface area contributed by atoms with Gasteiger partial charge in [-0.05, 0) is 35.9 Å². The number of ketones is 1. The fraction of sp³-hybridized carbons (Fsp3) is 0.111. The molecule has 128 valence electrons. The molecule has 0 saturated carbocycles. The van der Waals surface area contributed by atoms with Crippen molar-refractivity contribution < 1.29 is 23.8 Å². The molecule has 0 atom stereocenters. The Hall–Kier alpha value is -2.34. The maximum absolute atomic E-state index is 12.4. The van der Waals surface area contributed by atoms with Gasteiger partial charge in [0.15, 0.2) is 5.76 Å². The van der Waals surface area contributed by atoms with E-state index in [4.69, 9.17) is 37.4 Å². The van der Waals surface area contributed by atoms with Crippen molar-refractivity contribution in [2.75, 3.05) is 13.7 Å². The lowest BCUT2D eigenvalue weighted by Crippen LogP contribution is -2.14. The Balaban J connectivity index is 1.85. The number of carbonyl (C=O) groups excluding carboxylic acids is 2. The zero-order valence-electron chi connectivity index (χ0n) is 13.0. The van der Waals surface area contributed by atoms with E-state index in [1.807, 2.05) is 0 Å². The van der Waals surface area contributed by atoms with Crippen molar-refractivity contribution in [1.82, 2.24) is 0 Å². The number of benzene rings is 2. The van der Waals surface area contributed by atoms with Crippen molar-refractivity contribution in [1.29, 1.82) is 0 Å². The molecule has 3 rings (SSSR count). The fourth-order valence-corrected chi connectivity index (χ4v) is 2.73. The van der Waals surface area contributed by atoms with Crippen molar-refractivity contribution in [3.05, 3.63) is 63.3 Å². The van der Waals surface area contributed by atoms with Crippen LogP contribution < -0.4 is 9.47 Å². The summed E-state index contributed by atoms with van der Waals surface area (Å²) in [6.45, 7) is -0.170. The second kappa shape index (κ2) is 7.27. The van der Waals surface area contributed by atoms with E-state index in [0.29, 0.717) is 26.9 Å². The number of esters is 1. The smallest absolute Gasteiger partial charge is 0.337 e. The molecule has 0 fully saturated rings. The molecule has 0 radical (unpaired) electrons. The van der Waals surface area contributed by atoms with Crippen molar-refractivity contribution in [3.63, 3.8) is 0 Å². The zero-order valence-corrected chi connectivity index (χ0v) is 14.6. The molecule has 0 N–H and O–H groups in total. The Labute approximate surface area is 153 Å². The van der Waals surface area contributed by atoms with Crippen LogP contribution in [-0.2, 0) is 9.53 Å². The number of halogens is 2. The van der Waals surface area contributed by atoms with Crippen LogP contribution in [-0.4, -0.2) is 25.5 Å². The van der Waals surface area contributed by atoms with E-state index in [2.05, 4.69) is 0 Å². The molecule has 25 heavy (non-hydrogen) atoms. The van der Waals surface area contributed by atoms with Gasteiger partial charge in [-0.1, -0.05) is 29.3 Å². The Morgan fingerprint density at radius 2 is 2.00 bits per heavy atom. The highest BCUT2D eigenvalue weighted by Gasteiger charge is 2.28. The average molecular weight is 379 g/mol. The third kappa shape index (κ3) is 3.85. The van der Waals surface area contributed by atoms with Gasteiger partial charge in [-0.2, -0.15) is 0 Å². The number of carbonyl (C=O) groups is 2. The zero-order chi connectivity index (χ0) is 18.0. The lowest BCUT2D eigenvalue weighted by atomic mass is 10.1. The maximum atomic E-state index is 12.4. The van der Waals surface area contributed by atoms with Crippen molar-refractivity contribution in [2.24, 2.45) is 0 Å². The number of Topliss-reactive ketones (excluding diaryl/α,β-unsaturated/α-hetero) is 1. The molecule has 0 saturated heterocycles. The van der Waals surface area contributed by atoms with Gasteiger partial charge < -0.3 is 14.2 Å². The van der Waals surface area contributed by atoms with Gasteiger partial charge in [0.2, 0.25) is 5.78 Å². The standard InChI is InChI=1S/C18H12Cl2O5/c1-23-9-17(21)24-12-4-5-13-15(8-12)25-16(18(13)22)6-10-2-3-11(19)7-14(10)20/h2-8H,9H2,1H3/b16-6-. The number of fused-ring (bicyclic) bond motifs is 1. The number of allylic oxidation sites excluding steroid dienone is 1. The Kier molecular flexibility index (Phi) is 5.08. The van der Waals surface area contributed by atoms with Crippen molar-refractivity contribution in [3.8, 4) is 11.5 Å². The molecule has 7 heteroatoms. The molecule has 0 bridgehead atoms. The minimum absolute atomic E-state index is 0.125. The SMILES string of the molecule is COCC(=O)Oc1ccc2c(c1)O/C(=C\c1ccc(Cl)cc1Cl)C2=O. The largest absolute Gasteiger partial charge is 0.452 e. The van der Waals surface area contributed by atoms with E-state index in [-0.39, 0.29) is 23.9 Å². The maximum Gasteiger partial charge on any atom is 0.337 e. The van der Waals surface area contributed by atoms with Crippen LogP contribution in [0.3, 0.4) is 0 Å². The third-order valence-corrected chi connectivity index (χ3v) is 3.95. The summed E-state index contributed by atoms with van der Waals surface area (Å²) < 4.78 is 15.4. The average Bonchev–Trinajstić information content (AvgIpc) is 2.86. The van der Waals surface area contributed by atoms with E-state index in [1.165, 1.54) is 31.4 Å². The van der Waals surface area contributed by atoms with Gasteiger partial charge in [-0.25, -0.2) is 4.79 Å². The number of hydrogen-bond acceptors (Lipinski definition) is 5. The second-order valence-corrected chi connectivity index (χ2v) is 6.01.